The van der Waals surface area contributed by atoms with Crippen LogP contribution >= 0.6 is 12.4 Å². The Morgan fingerprint density at radius 3 is 2.50 bits per heavy atom. The first-order chi connectivity index (χ1) is 5.22. The largest absolute Gasteiger partial charge is 0.355 e. The summed E-state index contributed by atoms with van der Waals surface area (Å²) >= 11 is 0. The second kappa shape index (κ2) is 8.81. The van der Waals surface area contributed by atoms with E-state index in [-0.39, 0.29) is 24.4 Å². The van der Waals surface area contributed by atoms with Crippen LogP contribution < -0.4 is 11.1 Å². The number of carbonyl (C=O) groups is 1. The van der Waals surface area contributed by atoms with Crippen molar-refractivity contribution in [3.05, 3.63) is 0 Å². The van der Waals surface area contributed by atoms with Gasteiger partial charge in [0.2, 0.25) is 5.91 Å². The maximum absolute atomic E-state index is 11.0. The van der Waals surface area contributed by atoms with Crippen molar-refractivity contribution in [1.29, 1.82) is 0 Å². The Morgan fingerprint density at radius 1 is 1.50 bits per heavy atom. The predicted molar refractivity (Wildman–Crippen MR) is 53.4 cm³/mol. The van der Waals surface area contributed by atoms with E-state index < -0.39 is 0 Å². The van der Waals surface area contributed by atoms with Gasteiger partial charge in [0.25, 0.3) is 0 Å². The molecule has 1 atom stereocenters. The van der Waals surface area contributed by atoms with Crippen molar-refractivity contribution in [3.63, 3.8) is 0 Å². The van der Waals surface area contributed by atoms with Crippen LogP contribution in [0.25, 0.3) is 0 Å². The molecule has 0 aromatic carbocycles. The second-order valence-electron chi connectivity index (χ2n) is 2.66. The maximum Gasteiger partial charge on any atom is 0.236 e. The molecule has 3 N–H and O–H groups in total. The van der Waals surface area contributed by atoms with Crippen molar-refractivity contribution >= 4 is 18.3 Å². The quantitative estimate of drug-likeness (QED) is 0.644. The minimum Gasteiger partial charge on any atom is -0.355 e. The van der Waals surface area contributed by atoms with Crippen LogP contribution in [0.4, 0.5) is 0 Å². The lowest BCUT2D eigenvalue weighted by Gasteiger charge is -2.08. The van der Waals surface area contributed by atoms with E-state index in [0.717, 1.165) is 19.4 Å². The molecule has 1 unspecified atom stereocenters. The lowest BCUT2D eigenvalue weighted by Crippen LogP contribution is -2.40. The maximum atomic E-state index is 11.0. The summed E-state index contributed by atoms with van der Waals surface area (Å²) in [5.74, 6) is -0.0269. The highest BCUT2D eigenvalue weighted by Gasteiger charge is 2.08. The average Bonchev–Trinajstić information content (AvgIpc) is 2.03. The topological polar surface area (TPSA) is 55.1 Å². The SMILES string of the molecule is CCCCNC(=O)C(N)CC.Cl. The van der Waals surface area contributed by atoms with Gasteiger partial charge in [0, 0.05) is 6.54 Å². The molecular formula is C8H19ClN2O. The summed E-state index contributed by atoms with van der Waals surface area (Å²) in [7, 11) is 0. The molecule has 0 radical (unpaired) electrons. The van der Waals surface area contributed by atoms with Crippen LogP contribution in [0, 0.1) is 0 Å². The summed E-state index contributed by atoms with van der Waals surface area (Å²) in [6.07, 6.45) is 2.84. The Kier molecular flexibility index (Phi) is 10.5. The number of hydrogen-bond donors (Lipinski definition) is 2. The molecule has 0 aliphatic heterocycles. The van der Waals surface area contributed by atoms with E-state index in [1.54, 1.807) is 0 Å². The van der Waals surface area contributed by atoms with Gasteiger partial charge in [-0.25, -0.2) is 0 Å². The third-order valence-electron chi connectivity index (χ3n) is 1.61. The fourth-order valence-electron chi connectivity index (χ4n) is 0.705. The molecule has 74 valence electrons. The number of rotatable bonds is 5. The van der Waals surface area contributed by atoms with Crippen LogP contribution in [0.15, 0.2) is 0 Å². The molecular weight excluding hydrogens is 176 g/mol. The van der Waals surface area contributed by atoms with E-state index in [9.17, 15) is 4.79 Å². The van der Waals surface area contributed by atoms with Crippen LogP contribution in [0.2, 0.25) is 0 Å². The van der Waals surface area contributed by atoms with Crippen molar-refractivity contribution in [3.8, 4) is 0 Å². The van der Waals surface area contributed by atoms with E-state index in [4.69, 9.17) is 5.73 Å². The molecule has 0 rings (SSSR count). The summed E-state index contributed by atoms with van der Waals surface area (Å²) in [5.41, 5.74) is 5.49. The van der Waals surface area contributed by atoms with Gasteiger partial charge in [-0.1, -0.05) is 20.3 Å². The van der Waals surface area contributed by atoms with Crippen LogP contribution in [0.5, 0.6) is 0 Å². The Hall–Kier alpha value is -0.280. The molecule has 0 aliphatic rings. The molecule has 4 heteroatoms. The molecule has 0 aromatic heterocycles. The minimum absolute atomic E-state index is 0. The number of nitrogens with two attached hydrogens (primary N) is 1. The summed E-state index contributed by atoms with van der Waals surface area (Å²) < 4.78 is 0. The first kappa shape index (κ1) is 14.3. The van der Waals surface area contributed by atoms with Gasteiger partial charge in [-0.3, -0.25) is 4.79 Å². The Balaban J connectivity index is 0. The van der Waals surface area contributed by atoms with E-state index in [1.807, 2.05) is 6.92 Å². The van der Waals surface area contributed by atoms with Crippen molar-refractivity contribution in [1.82, 2.24) is 5.32 Å². The normalized spacial score (nSPS) is 11.6. The summed E-state index contributed by atoms with van der Waals surface area (Å²) in [4.78, 5) is 11.0. The summed E-state index contributed by atoms with van der Waals surface area (Å²) in [6.45, 7) is 4.75. The fraction of sp³-hybridized carbons (Fsp3) is 0.875. The molecule has 1 amide bonds. The number of amides is 1. The van der Waals surface area contributed by atoms with E-state index in [1.165, 1.54) is 0 Å². The van der Waals surface area contributed by atoms with Crippen LogP contribution in [-0.4, -0.2) is 18.5 Å². The third-order valence-corrected chi connectivity index (χ3v) is 1.61. The van der Waals surface area contributed by atoms with Crippen LogP contribution in [0.1, 0.15) is 33.1 Å². The molecule has 0 fully saturated rings. The van der Waals surface area contributed by atoms with Crippen LogP contribution in [-0.2, 0) is 4.79 Å². The zero-order valence-electron chi connectivity index (χ0n) is 7.80. The minimum atomic E-state index is -0.327. The number of unbranched alkanes of at least 4 members (excludes halogenated alkanes) is 1. The molecule has 0 saturated heterocycles. The highest BCUT2D eigenvalue weighted by molar-refractivity contribution is 5.85. The van der Waals surface area contributed by atoms with E-state index in [0.29, 0.717) is 6.42 Å². The number of hydrogen-bond acceptors (Lipinski definition) is 2. The third kappa shape index (κ3) is 6.43. The second-order valence-corrected chi connectivity index (χ2v) is 2.66. The predicted octanol–water partition coefficient (Wildman–Crippen LogP) is 1.06. The van der Waals surface area contributed by atoms with Gasteiger partial charge in [-0.2, -0.15) is 0 Å². The lowest BCUT2D eigenvalue weighted by atomic mass is 10.2. The number of carbonyl (C=O) groups excluding carboxylic acids is 1. The first-order valence-electron chi connectivity index (χ1n) is 4.25. The van der Waals surface area contributed by atoms with Crippen molar-refractivity contribution in [2.45, 2.75) is 39.2 Å². The van der Waals surface area contributed by atoms with Crippen molar-refractivity contribution in [2.75, 3.05) is 6.54 Å². The zero-order chi connectivity index (χ0) is 8.69. The highest BCUT2D eigenvalue weighted by Crippen LogP contribution is 1.87. The lowest BCUT2D eigenvalue weighted by molar-refractivity contribution is -0.122. The molecule has 0 spiro atoms. The molecule has 0 bridgehead atoms. The van der Waals surface area contributed by atoms with Gasteiger partial charge in [-0.05, 0) is 12.8 Å². The highest BCUT2D eigenvalue weighted by atomic mass is 35.5. The molecule has 0 saturated carbocycles. The van der Waals surface area contributed by atoms with E-state index in [2.05, 4.69) is 12.2 Å². The molecule has 0 aliphatic carbocycles. The van der Waals surface area contributed by atoms with Gasteiger partial charge in [0.15, 0.2) is 0 Å². The van der Waals surface area contributed by atoms with E-state index >= 15 is 0 Å². The average molecular weight is 195 g/mol. The van der Waals surface area contributed by atoms with Gasteiger partial charge in [0.05, 0.1) is 6.04 Å². The number of halogens is 1. The van der Waals surface area contributed by atoms with Crippen molar-refractivity contribution in [2.24, 2.45) is 5.73 Å². The Morgan fingerprint density at radius 2 is 2.08 bits per heavy atom. The molecule has 0 heterocycles. The van der Waals surface area contributed by atoms with Crippen molar-refractivity contribution < 1.29 is 4.79 Å². The smallest absolute Gasteiger partial charge is 0.236 e. The summed E-state index contributed by atoms with van der Waals surface area (Å²) in [5, 5.41) is 2.77. The number of nitrogens with one attached hydrogen (secondary N) is 1. The first-order valence-corrected chi connectivity index (χ1v) is 4.25. The standard InChI is InChI=1S/C8H18N2O.ClH/c1-3-5-6-10-8(11)7(9)4-2;/h7H,3-6,9H2,1-2H3,(H,10,11);1H. The van der Waals surface area contributed by atoms with Gasteiger partial charge >= 0.3 is 0 Å². The van der Waals surface area contributed by atoms with Crippen LogP contribution in [0.3, 0.4) is 0 Å². The molecule has 12 heavy (non-hydrogen) atoms. The van der Waals surface area contributed by atoms with Gasteiger partial charge < -0.3 is 11.1 Å². The zero-order valence-corrected chi connectivity index (χ0v) is 8.62. The fourth-order valence-corrected chi connectivity index (χ4v) is 0.705. The van der Waals surface area contributed by atoms with Gasteiger partial charge in [-0.15, -0.1) is 12.4 Å². The monoisotopic (exact) mass is 194 g/mol. The Labute approximate surface area is 80.5 Å². The molecule has 3 nitrogen and oxygen atoms in total. The summed E-state index contributed by atoms with van der Waals surface area (Å²) in [6, 6.07) is -0.327. The molecule has 0 aromatic rings. The Bertz CT molecular complexity index is 120. The van der Waals surface area contributed by atoms with Gasteiger partial charge in [0.1, 0.15) is 0 Å².